The van der Waals surface area contributed by atoms with E-state index >= 15 is 0 Å². The Kier molecular flexibility index (Phi) is 3.24. The third kappa shape index (κ3) is 2.42. The average Bonchev–Trinajstić information content (AvgIpc) is 2.81. The van der Waals surface area contributed by atoms with Crippen LogP contribution in [0.1, 0.15) is 5.69 Å². The summed E-state index contributed by atoms with van der Waals surface area (Å²) in [7, 11) is 0. The molecule has 1 aromatic heterocycles. The van der Waals surface area contributed by atoms with E-state index < -0.39 is 0 Å². The molecule has 100 valence electrons. The molecular weight excluding hydrogens is 271 g/mol. The van der Waals surface area contributed by atoms with Gasteiger partial charge < -0.3 is 5.73 Å². The van der Waals surface area contributed by atoms with Gasteiger partial charge in [-0.1, -0.05) is 24.3 Å². The molecule has 3 aromatic rings. The molecule has 3 rings (SSSR count). The molecule has 4 heteroatoms. The zero-order valence-electron chi connectivity index (χ0n) is 10.9. The largest absolute Gasteiger partial charge is 0.399 e. The van der Waals surface area contributed by atoms with Gasteiger partial charge in [-0.3, -0.25) is 0 Å². The molecule has 2 nitrogen and oxygen atoms in total. The minimum absolute atomic E-state index is 0.235. The molecule has 0 fully saturated rings. The van der Waals surface area contributed by atoms with Crippen LogP contribution in [-0.4, -0.2) is 4.98 Å². The van der Waals surface area contributed by atoms with Crippen LogP contribution in [-0.2, 0) is 0 Å². The molecule has 0 amide bonds. The lowest BCUT2D eigenvalue weighted by atomic mass is 10.1. The number of hydrogen-bond donors (Lipinski definition) is 1. The summed E-state index contributed by atoms with van der Waals surface area (Å²) in [6.45, 7) is 1.94. The number of nitrogens with zero attached hydrogens (tertiary/aromatic N) is 1. The minimum Gasteiger partial charge on any atom is -0.399 e. The van der Waals surface area contributed by atoms with E-state index in [9.17, 15) is 4.39 Å². The summed E-state index contributed by atoms with van der Waals surface area (Å²) in [6.07, 6.45) is 0. The van der Waals surface area contributed by atoms with Gasteiger partial charge in [-0.15, -0.1) is 11.3 Å². The number of aromatic nitrogens is 1. The van der Waals surface area contributed by atoms with Crippen LogP contribution in [0, 0.1) is 12.7 Å². The molecule has 2 N–H and O–H groups in total. The molecule has 0 unspecified atom stereocenters. The number of nitrogens with two attached hydrogens (primary N) is 1. The first-order valence-electron chi connectivity index (χ1n) is 6.23. The van der Waals surface area contributed by atoms with Crippen LogP contribution in [0.15, 0.2) is 48.5 Å². The van der Waals surface area contributed by atoms with E-state index in [1.54, 1.807) is 17.4 Å². The first-order chi connectivity index (χ1) is 9.63. The summed E-state index contributed by atoms with van der Waals surface area (Å²) >= 11 is 1.55. The number of hydrogen-bond acceptors (Lipinski definition) is 3. The highest BCUT2D eigenvalue weighted by Crippen LogP contribution is 2.35. The highest BCUT2D eigenvalue weighted by Gasteiger charge is 2.11. The average molecular weight is 284 g/mol. The van der Waals surface area contributed by atoms with Crippen molar-refractivity contribution in [3.8, 4) is 21.0 Å². The van der Waals surface area contributed by atoms with Crippen molar-refractivity contribution in [3.05, 3.63) is 60.0 Å². The quantitative estimate of drug-likeness (QED) is 0.703. The maximum atomic E-state index is 13.3. The van der Waals surface area contributed by atoms with Gasteiger partial charge in [0, 0.05) is 11.3 Å². The summed E-state index contributed by atoms with van der Waals surface area (Å²) in [4.78, 5) is 5.56. The molecule has 0 saturated heterocycles. The van der Waals surface area contributed by atoms with Crippen molar-refractivity contribution >= 4 is 17.0 Å². The standard InChI is InChI=1S/C16H13FN2S/c1-10-15(11-4-2-6-13(17)8-11)20-16(19-10)12-5-3-7-14(18)9-12/h2-9H,18H2,1H3. The number of rotatable bonds is 2. The van der Waals surface area contributed by atoms with Gasteiger partial charge in [-0.05, 0) is 36.8 Å². The molecule has 1 heterocycles. The first-order valence-corrected chi connectivity index (χ1v) is 7.04. The van der Waals surface area contributed by atoms with Crippen LogP contribution in [0.3, 0.4) is 0 Å². The molecule has 20 heavy (non-hydrogen) atoms. The molecule has 0 aliphatic carbocycles. The van der Waals surface area contributed by atoms with Gasteiger partial charge in [0.25, 0.3) is 0 Å². The maximum Gasteiger partial charge on any atom is 0.124 e. The molecular formula is C16H13FN2S. The highest BCUT2D eigenvalue weighted by molar-refractivity contribution is 7.18. The molecule has 0 radical (unpaired) electrons. The van der Waals surface area contributed by atoms with E-state index in [4.69, 9.17) is 5.73 Å². The third-order valence-electron chi connectivity index (χ3n) is 3.02. The Morgan fingerprint density at radius 2 is 1.80 bits per heavy atom. The zero-order valence-corrected chi connectivity index (χ0v) is 11.7. The van der Waals surface area contributed by atoms with E-state index in [0.717, 1.165) is 26.7 Å². The second kappa shape index (κ2) is 5.06. The van der Waals surface area contributed by atoms with Crippen molar-refractivity contribution in [3.63, 3.8) is 0 Å². The first kappa shape index (κ1) is 12.8. The van der Waals surface area contributed by atoms with Crippen LogP contribution in [0.4, 0.5) is 10.1 Å². The van der Waals surface area contributed by atoms with Gasteiger partial charge in [0.1, 0.15) is 10.8 Å². The topological polar surface area (TPSA) is 38.9 Å². The Morgan fingerprint density at radius 1 is 1.05 bits per heavy atom. The summed E-state index contributed by atoms with van der Waals surface area (Å²) in [5, 5.41) is 0.897. The Bertz CT molecular complexity index is 765. The minimum atomic E-state index is -0.235. The number of anilines is 1. The molecule has 0 aliphatic heterocycles. The maximum absolute atomic E-state index is 13.3. The third-order valence-corrected chi connectivity index (χ3v) is 4.27. The van der Waals surface area contributed by atoms with E-state index in [1.807, 2.05) is 37.3 Å². The fraction of sp³-hybridized carbons (Fsp3) is 0.0625. The van der Waals surface area contributed by atoms with E-state index in [2.05, 4.69) is 4.98 Å². The Balaban J connectivity index is 2.08. The van der Waals surface area contributed by atoms with E-state index in [1.165, 1.54) is 12.1 Å². The van der Waals surface area contributed by atoms with Gasteiger partial charge in [0.2, 0.25) is 0 Å². The Labute approximate surface area is 120 Å². The van der Waals surface area contributed by atoms with Gasteiger partial charge in [-0.2, -0.15) is 0 Å². The lowest BCUT2D eigenvalue weighted by Crippen LogP contribution is -1.84. The van der Waals surface area contributed by atoms with Crippen molar-refractivity contribution in [2.24, 2.45) is 0 Å². The predicted octanol–water partition coefficient (Wildman–Crippen LogP) is 4.51. The molecule has 2 aromatic carbocycles. The molecule has 0 atom stereocenters. The molecule has 0 spiro atoms. The fourth-order valence-corrected chi connectivity index (χ4v) is 3.15. The van der Waals surface area contributed by atoms with Gasteiger partial charge in [0.15, 0.2) is 0 Å². The number of nitrogen functional groups attached to an aromatic ring is 1. The van der Waals surface area contributed by atoms with Crippen LogP contribution in [0.2, 0.25) is 0 Å². The van der Waals surface area contributed by atoms with Gasteiger partial charge in [-0.25, -0.2) is 9.37 Å². The molecule has 0 saturated carbocycles. The van der Waals surface area contributed by atoms with Crippen molar-refractivity contribution in [1.29, 1.82) is 0 Å². The summed E-state index contributed by atoms with van der Waals surface area (Å²) < 4.78 is 13.3. The summed E-state index contributed by atoms with van der Waals surface area (Å²) in [5.41, 5.74) is 9.25. The second-order valence-corrected chi connectivity index (χ2v) is 5.57. The Hall–Kier alpha value is -2.20. The normalized spacial score (nSPS) is 10.7. The number of halogens is 1. The van der Waals surface area contributed by atoms with Crippen LogP contribution >= 0.6 is 11.3 Å². The van der Waals surface area contributed by atoms with Crippen molar-refractivity contribution in [2.75, 3.05) is 5.73 Å². The monoisotopic (exact) mass is 284 g/mol. The molecule has 0 aliphatic rings. The van der Waals surface area contributed by atoms with E-state index in [-0.39, 0.29) is 5.82 Å². The van der Waals surface area contributed by atoms with Crippen molar-refractivity contribution in [2.45, 2.75) is 6.92 Å². The highest BCUT2D eigenvalue weighted by atomic mass is 32.1. The Morgan fingerprint density at radius 3 is 2.55 bits per heavy atom. The van der Waals surface area contributed by atoms with Gasteiger partial charge >= 0.3 is 0 Å². The molecule has 0 bridgehead atoms. The lowest BCUT2D eigenvalue weighted by Gasteiger charge is -1.98. The van der Waals surface area contributed by atoms with Crippen molar-refractivity contribution in [1.82, 2.24) is 4.98 Å². The fourth-order valence-electron chi connectivity index (χ4n) is 2.09. The lowest BCUT2D eigenvalue weighted by molar-refractivity contribution is 0.628. The van der Waals surface area contributed by atoms with E-state index in [0.29, 0.717) is 5.69 Å². The summed E-state index contributed by atoms with van der Waals surface area (Å²) in [6, 6.07) is 14.2. The smallest absolute Gasteiger partial charge is 0.124 e. The SMILES string of the molecule is Cc1nc(-c2cccc(N)c2)sc1-c1cccc(F)c1. The second-order valence-electron chi connectivity index (χ2n) is 4.57. The van der Waals surface area contributed by atoms with Crippen LogP contribution in [0.25, 0.3) is 21.0 Å². The predicted molar refractivity (Wildman–Crippen MR) is 82.1 cm³/mol. The summed E-state index contributed by atoms with van der Waals surface area (Å²) in [5.74, 6) is -0.235. The van der Waals surface area contributed by atoms with Crippen molar-refractivity contribution < 1.29 is 4.39 Å². The van der Waals surface area contributed by atoms with Crippen LogP contribution in [0.5, 0.6) is 0 Å². The van der Waals surface area contributed by atoms with Crippen LogP contribution < -0.4 is 5.73 Å². The number of aryl methyl sites for hydroxylation is 1. The zero-order chi connectivity index (χ0) is 14.1. The van der Waals surface area contributed by atoms with Gasteiger partial charge in [0.05, 0.1) is 10.6 Å². The number of benzene rings is 2. The number of thiazole rings is 1.